The molecule has 0 radical (unpaired) electrons. The van der Waals surface area contributed by atoms with Gasteiger partial charge in [0.05, 0.1) is 0 Å². The minimum atomic E-state index is -0.666. The maximum atomic E-state index is 11.9. The van der Waals surface area contributed by atoms with Crippen LogP contribution in [0.15, 0.2) is 24.3 Å². The van der Waals surface area contributed by atoms with Crippen LogP contribution in [-0.2, 0) is 25.7 Å². The lowest BCUT2D eigenvalue weighted by Crippen LogP contribution is -2.37. The van der Waals surface area contributed by atoms with Crippen LogP contribution in [0.2, 0.25) is 0 Å². The van der Waals surface area contributed by atoms with E-state index in [2.05, 4.69) is 10.6 Å². The number of hydrogen-bond donors (Lipinski definition) is 2. The number of hydrogen-bond acceptors (Lipinski definition) is 5. The van der Waals surface area contributed by atoms with Crippen LogP contribution in [0.25, 0.3) is 0 Å². The maximum absolute atomic E-state index is 11.9. The molecule has 2 amide bonds. The van der Waals surface area contributed by atoms with E-state index in [1.165, 1.54) is 6.92 Å². The minimum Gasteiger partial charge on any atom is -0.461 e. The van der Waals surface area contributed by atoms with E-state index in [9.17, 15) is 14.4 Å². The quantitative estimate of drug-likeness (QED) is 0.811. The average Bonchev–Trinajstić information content (AvgIpc) is 2.42. The lowest BCUT2D eigenvalue weighted by molar-refractivity contribution is -0.142. The van der Waals surface area contributed by atoms with Crippen LogP contribution in [0.1, 0.15) is 33.3 Å². The molecule has 0 fully saturated rings. The Kier molecular flexibility index (Phi) is 6.56. The summed E-state index contributed by atoms with van der Waals surface area (Å²) in [6.45, 7) is 6.35. The molecule has 1 rings (SSSR count). The number of alkyl carbamates (subject to hydrolysis) is 1. The van der Waals surface area contributed by atoms with Gasteiger partial charge in [0.25, 0.3) is 0 Å². The van der Waals surface area contributed by atoms with E-state index in [-0.39, 0.29) is 13.2 Å². The number of rotatable bonds is 5. The fourth-order valence-corrected chi connectivity index (χ4v) is 1.61. The zero-order valence-electron chi connectivity index (χ0n) is 13.8. The van der Waals surface area contributed by atoms with Crippen molar-refractivity contribution in [1.82, 2.24) is 5.32 Å². The third kappa shape index (κ3) is 7.85. The van der Waals surface area contributed by atoms with Crippen LogP contribution in [0.3, 0.4) is 0 Å². The molecular formula is C16H22N2O5. The van der Waals surface area contributed by atoms with Crippen LogP contribution >= 0.6 is 0 Å². The van der Waals surface area contributed by atoms with Crippen molar-refractivity contribution in [3.63, 3.8) is 0 Å². The van der Waals surface area contributed by atoms with E-state index in [1.54, 1.807) is 45.0 Å². The molecule has 126 valence electrons. The van der Waals surface area contributed by atoms with Gasteiger partial charge < -0.3 is 20.1 Å². The molecule has 7 nitrogen and oxygen atoms in total. The largest absolute Gasteiger partial charge is 0.461 e. The van der Waals surface area contributed by atoms with Crippen LogP contribution in [-0.4, -0.2) is 30.1 Å². The van der Waals surface area contributed by atoms with E-state index >= 15 is 0 Å². The van der Waals surface area contributed by atoms with Crippen molar-refractivity contribution < 1.29 is 23.9 Å². The summed E-state index contributed by atoms with van der Waals surface area (Å²) in [7, 11) is 0. The van der Waals surface area contributed by atoms with Gasteiger partial charge in [0.2, 0.25) is 5.91 Å². The molecule has 1 aromatic rings. The molecule has 23 heavy (non-hydrogen) atoms. The molecule has 0 saturated heterocycles. The molecule has 0 saturated carbocycles. The summed E-state index contributed by atoms with van der Waals surface area (Å²) < 4.78 is 9.96. The fraction of sp³-hybridized carbons (Fsp3) is 0.438. The van der Waals surface area contributed by atoms with Crippen molar-refractivity contribution in [2.24, 2.45) is 0 Å². The highest BCUT2D eigenvalue weighted by molar-refractivity contribution is 5.94. The highest BCUT2D eigenvalue weighted by atomic mass is 16.6. The number of ether oxygens (including phenoxy) is 2. The number of para-hydroxylation sites is 1. The summed E-state index contributed by atoms with van der Waals surface area (Å²) in [6, 6.07) is 6.94. The molecule has 0 spiro atoms. The predicted octanol–water partition coefficient (Wildman–Crippen LogP) is 2.21. The Morgan fingerprint density at radius 1 is 1.13 bits per heavy atom. The van der Waals surface area contributed by atoms with Gasteiger partial charge in [-0.05, 0) is 26.8 Å². The molecule has 0 atom stereocenters. The Bertz CT molecular complexity index is 578. The zero-order chi connectivity index (χ0) is 17.5. The van der Waals surface area contributed by atoms with E-state index in [0.29, 0.717) is 11.3 Å². The number of carbonyl (C=O) groups is 3. The van der Waals surface area contributed by atoms with Gasteiger partial charge in [-0.3, -0.25) is 9.59 Å². The molecule has 7 heteroatoms. The Balaban J connectivity index is 2.54. The van der Waals surface area contributed by atoms with Gasteiger partial charge in [-0.15, -0.1) is 0 Å². The van der Waals surface area contributed by atoms with E-state index in [1.807, 2.05) is 0 Å². The first-order valence-electron chi connectivity index (χ1n) is 7.15. The summed E-state index contributed by atoms with van der Waals surface area (Å²) in [5, 5.41) is 5.02. The summed E-state index contributed by atoms with van der Waals surface area (Å²) in [4.78, 5) is 34.2. The van der Waals surface area contributed by atoms with E-state index in [0.717, 1.165) is 0 Å². The molecule has 0 heterocycles. The Labute approximate surface area is 135 Å². The summed E-state index contributed by atoms with van der Waals surface area (Å²) in [6.07, 6.45) is -0.666. The van der Waals surface area contributed by atoms with Gasteiger partial charge in [0, 0.05) is 18.2 Å². The second-order valence-corrected chi connectivity index (χ2v) is 5.84. The highest BCUT2D eigenvalue weighted by Gasteiger charge is 2.16. The number of benzene rings is 1. The highest BCUT2D eigenvalue weighted by Crippen LogP contribution is 2.16. The number of carbonyl (C=O) groups excluding carboxylic acids is 3. The molecule has 0 aliphatic rings. The van der Waals surface area contributed by atoms with Crippen molar-refractivity contribution in [1.29, 1.82) is 0 Å². The van der Waals surface area contributed by atoms with Gasteiger partial charge in [0.1, 0.15) is 18.8 Å². The molecule has 2 N–H and O–H groups in total. The topological polar surface area (TPSA) is 93.7 Å². The van der Waals surface area contributed by atoms with Crippen LogP contribution in [0.4, 0.5) is 10.5 Å². The van der Waals surface area contributed by atoms with Crippen molar-refractivity contribution in [2.45, 2.75) is 39.9 Å². The molecule has 0 aliphatic carbocycles. The van der Waals surface area contributed by atoms with Crippen molar-refractivity contribution in [2.75, 3.05) is 11.9 Å². The molecule has 1 aromatic carbocycles. The maximum Gasteiger partial charge on any atom is 0.408 e. The van der Waals surface area contributed by atoms with Crippen LogP contribution in [0, 0.1) is 0 Å². The number of esters is 1. The van der Waals surface area contributed by atoms with Crippen molar-refractivity contribution in [3.05, 3.63) is 29.8 Å². The molecule has 0 aromatic heterocycles. The van der Waals surface area contributed by atoms with Gasteiger partial charge in [-0.2, -0.15) is 0 Å². The first-order valence-corrected chi connectivity index (χ1v) is 7.15. The van der Waals surface area contributed by atoms with Gasteiger partial charge >= 0.3 is 12.1 Å². The monoisotopic (exact) mass is 322 g/mol. The lowest BCUT2D eigenvalue weighted by atomic mass is 10.2. The minimum absolute atomic E-state index is 0.0608. The standard InChI is InChI=1S/C16H22N2O5/c1-11(19)22-10-12-7-5-6-8-13(12)18-14(20)9-17-15(21)23-16(2,3)4/h5-8H,9-10H2,1-4H3,(H,17,21)(H,18,20). The van der Waals surface area contributed by atoms with Gasteiger partial charge in [-0.25, -0.2) is 4.79 Å². The third-order valence-corrected chi connectivity index (χ3v) is 2.51. The van der Waals surface area contributed by atoms with E-state index < -0.39 is 23.6 Å². The normalized spacial score (nSPS) is 10.6. The first kappa shape index (κ1) is 18.5. The molecular weight excluding hydrogens is 300 g/mol. The number of nitrogens with one attached hydrogen (secondary N) is 2. The second kappa shape index (κ2) is 8.17. The number of anilines is 1. The zero-order valence-corrected chi connectivity index (χ0v) is 13.8. The smallest absolute Gasteiger partial charge is 0.408 e. The number of amides is 2. The average molecular weight is 322 g/mol. The Morgan fingerprint density at radius 3 is 2.39 bits per heavy atom. The summed E-state index contributed by atoms with van der Waals surface area (Å²) in [5.41, 5.74) is 0.551. The Morgan fingerprint density at radius 2 is 1.78 bits per heavy atom. The van der Waals surface area contributed by atoms with Crippen molar-refractivity contribution in [3.8, 4) is 0 Å². The molecule has 0 unspecified atom stereocenters. The second-order valence-electron chi connectivity index (χ2n) is 5.84. The van der Waals surface area contributed by atoms with E-state index in [4.69, 9.17) is 9.47 Å². The van der Waals surface area contributed by atoms with Crippen molar-refractivity contribution >= 4 is 23.7 Å². The van der Waals surface area contributed by atoms with Gasteiger partial charge in [-0.1, -0.05) is 18.2 Å². The first-order chi connectivity index (χ1) is 10.7. The molecule has 0 aliphatic heterocycles. The third-order valence-electron chi connectivity index (χ3n) is 2.51. The summed E-state index contributed by atoms with van der Waals surface area (Å²) in [5.74, 6) is -0.816. The lowest BCUT2D eigenvalue weighted by Gasteiger charge is -2.19. The molecule has 0 bridgehead atoms. The van der Waals surface area contributed by atoms with Gasteiger partial charge in [0.15, 0.2) is 0 Å². The summed E-state index contributed by atoms with van der Waals surface area (Å²) >= 11 is 0. The predicted molar refractivity (Wildman–Crippen MR) is 84.8 cm³/mol. The fourth-order valence-electron chi connectivity index (χ4n) is 1.61. The van der Waals surface area contributed by atoms with Crippen LogP contribution in [0.5, 0.6) is 0 Å². The van der Waals surface area contributed by atoms with Crippen LogP contribution < -0.4 is 10.6 Å². The Hall–Kier alpha value is -2.57. The SMILES string of the molecule is CC(=O)OCc1ccccc1NC(=O)CNC(=O)OC(C)(C)C.